The average molecular weight is 410 g/mol. The molecule has 0 radical (unpaired) electrons. The Morgan fingerprint density at radius 1 is 1.10 bits per heavy atom. The molecule has 1 aromatic heterocycles. The number of imide groups is 1. The van der Waals surface area contributed by atoms with Crippen molar-refractivity contribution in [2.45, 2.75) is 26.7 Å². The summed E-state index contributed by atoms with van der Waals surface area (Å²) in [5.74, 6) is -0.551. The zero-order chi connectivity index (χ0) is 20.5. The summed E-state index contributed by atoms with van der Waals surface area (Å²) in [7, 11) is 0. The highest BCUT2D eigenvalue weighted by Gasteiger charge is 2.37. The summed E-state index contributed by atoms with van der Waals surface area (Å²) < 4.78 is 2.12. The summed E-state index contributed by atoms with van der Waals surface area (Å²) >= 11 is 0.899. The van der Waals surface area contributed by atoms with Crippen LogP contribution in [-0.2, 0) is 9.59 Å². The summed E-state index contributed by atoms with van der Waals surface area (Å²) in [5.41, 5.74) is 3.98. The van der Waals surface area contributed by atoms with Gasteiger partial charge in [-0.15, -0.1) is 0 Å². The van der Waals surface area contributed by atoms with Crippen LogP contribution in [0.1, 0.15) is 29.8 Å². The summed E-state index contributed by atoms with van der Waals surface area (Å²) in [5, 5.41) is -0.384. The molecular formula is C22H23N3O3S. The predicted molar refractivity (Wildman–Crippen MR) is 114 cm³/mol. The molecule has 0 N–H and O–H groups in total. The number of aromatic nitrogens is 1. The van der Waals surface area contributed by atoms with Crippen molar-refractivity contribution in [3.05, 3.63) is 58.3 Å². The largest absolute Gasteiger partial charge is 0.341 e. The van der Waals surface area contributed by atoms with Crippen molar-refractivity contribution in [1.82, 2.24) is 14.4 Å². The monoisotopic (exact) mass is 409 g/mol. The zero-order valence-electron chi connectivity index (χ0n) is 16.6. The van der Waals surface area contributed by atoms with Gasteiger partial charge in [0, 0.05) is 30.2 Å². The van der Waals surface area contributed by atoms with Crippen LogP contribution in [0, 0.1) is 13.8 Å². The van der Waals surface area contributed by atoms with E-state index in [1.165, 1.54) is 0 Å². The number of hydrogen-bond acceptors (Lipinski definition) is 4. The number of likely N-dealkylation sites (tertiary alicyclic amines) is 1. The van der Waals surface area contributed by atoms with Crippen LogP contribution in [-0.4, -0.2) is 51.1 Å². The second kappa shape index (κ2) is 7.91. The highest BCUT2D eigenvalue weighted by molar-refractivity contribution is 8.18. The highest BCUT2D eigenvalue weighted by Crippen LogP contribution is 2.33. The van der Waals surface area contributed by atoms with Crippen molar-refractivity contribution in [2.24, 2.45) is 0 Å². The Bertz CT molecular complexity index is 1000. The first kappa shape index (κ1) is 19.5. The van der Waals surface area contributed by atoms with Crippen LogP contribution in [0.3, 0.4) is 0 Å². The van der Waals surface area contributed by atoms with Gasteiger partial charge in [-0.1, -0.05) is 18.2 Å². The number of carbonyl (C=O) groups is 3. The SMILES string of the molecule is Cc1cc(C=C2SC(=O)N(CC(=O)N3CCCC3)C2=O)c(C)n1-c1ccccc1. The third-order valence-electron chi connectivity index (χ3n) is 5.40. The Kier molecular flexibility index (Phi) is 5.32. The number of nitrogens with zero attached hydrogens (tertiary/aromatic N) is 3. The van der Waals surface area contributed by atoms with E-state index in [4.69, 9.17) is 0 Å². The third kappa shape index (κ3) is 3.74. The summed E-state index contributed by atoms with van der Waals surface area (Å²) in [6, 6.07) is 12.0. The van der Waals surface area contributed by atoms with Crippen LogP contribution in [0.4, 0.5) is 4.79 Å². The van der Waals surface area contributed by atoms with Crippen molar-refractivity contribution >= 4 is 34.9 Å². The Hall–Kier alpha value is -2.80. The van der Waals surface area contributed by atoms with Crippen LogP contribution >= 0.6 is 11.8 Å². The van der Waals surface area contributed by atoms with E-state index in [0.717, 1.165) is 52.1 Å². The van der Waals surface area contributed by atoms with E-state index < -0.39 is 5.91 Å². The molecule has 6 nitrogen and oxygen atoms in total. The van der Waals surface area contributed by atoms with E-state index in [2.05, 4.69) is 4.57 Å². The van der Waals surface area contributed by atoms with Crippen molar-refractivity contribution < 1.29 is 14.4 Å². The van der Waals surface area contributed by atoms with Crippen LogP contribution in [0.2, 0.25) is 0 Å². The molecule has 0 bridgehead atoms. The Labute approximate surface area is 174 Å². The zero-order valence-corrected chi connectivity index (χ0v) is 17.4. The molecule has 3 amide bonds. The van der Waals surface area contributed by atoms with E-state index in [1.807, 2.05) is 50.2 Å². The number of aryl methyl sites for hydroxylation is 1. The predicted octanol–water partition coefficient (Wildman–Crippen LogP) is 3.75. The van der Waals surface area contributed by atoms with Gasteiger partial charge < -0.3 is 9.47 Å². The molecule has 0 unspecified atom stereocenters. The van der Waals surface area contributed by atoms with Crippen molar-refractivity contribution in [1.29, 1.82) is 0 Å². The average Bonchev–Trinajstić information content (AvgIpc) is 3.40. The van der Waals surface area contributed by atoms with Gasteiger partial charge in [0.15, 0.2) is 0 Å². The third-order valence-corrected chi connectivity index (χ3v) is 6.30. The molecule has 7 heteroatoms. The number of rotatable bonds is 4. The number of amides is 3. The van der Waals surface area contributed by atoms with E-state index in [9.17, 15) is 14.4 Å². The molecule has 2 aromatic rings. The lowest BCUT2D eigenvalue weighted by Crippen LogP contribution is -2.40. The Morgan fingerprint density at radius 3 is 2.48 bits per heavy atom. The second-order valence-corrected chi connectivity index (χ2v) is 8.35. The van der Waals surface area contributed by atoms with Gasteiger partial charge in [-0.05, 0) is 68.3 Å². The Morgan fingerprint density at radius 2 is 1.79 bits per heavy atom. The fraction of sp³-hybridized carbons (Fsp3) is 0.318. The minimum atomic E-state index is -0.392. The molecule has 0 saturated carbocycles. The topological polar surface area (TPSA) is 62.6 Å². The van der Waals surface area contributed by atoms with Gasteiger partial charge in [0.05, 0.1) is 4.91 Å². The maximum absolute atomic E-state index is 12.8. The number of thioether (sulfide) groups is 1. The summed E-state index contributed by atoms with van der Waals surface area (Å²) in [6.45, 7) is 5.24. The molecule has 2 aliphatic heterocycles. The lowest BCUT2D eigenvalue weighted by molar-refractivity contribution is -0.135. The molecule has 3 heterocycles. The van der Waals surface area contributed by atoms with Crippen LogP contribution < -0.4 is 0 Å². The molecule has 150 valence electrons. The molecular weight excluding hydrogens is 386 g/mol. The number of carbonyl (C=O) groups excluding carboxylic acids is 3. The van der Waals surface area contributed by atoms with Gasteiger partial charge in [0.1, 0.15) is 6.54 Å². The standard InChI is InChI=1S/C22H23N3O3S/c1-15-12-17(16(2)25(15)18-8-4-3-5-9-18)13-19-21(27)24(22(28)29-19)14-20(26)23-10-6-7-11-23/h3-5,8-9,12-13H,6-7,10-11,14H2,1-2H3. The number of para-hydroxylation sites is 1. The molecule has 2 saturated heterocycles. The maximum Gasteiger partial charge on any atom is 0.294 e. The molecule has 29 heavy (non-hydrogen) atoms. The first-order chi connectivity index (χ1) is 14.0. The fourth-order valence-electron chi connectivity index (χ4n) is 3.89. The lowest BCUT2D eigenvalue weighted by atomic mass is 10.2. The fourth-order valence-corrected chi connectivity index (χ4v) is 4.72. The highest BCUT2D eigenvalue weighted by atomic mass is 32.2. The van der Waals surface area contributed by atoms with Gasteiger partial charge in [-0.2, -0.15) is 0 Å². The molecule has 4 rings (SSSR count). The quantitative estimate of drug-likeness (QED) is 0.722. The molecule has 0 aliphatic carbocycles. The maximum atomic E-state index is 12.8. The van der Waals surface area contributed by atoms with Crippen LogP contribution in [0.5, 0.6) is 0 Å². The molecule has 1 aromatic carbocycles. The van der Waals surface area contributed by atoms with E-state index in [0.29, 0.717) is 18.0 Å². The molecule has 2 fully saturated rings. The van der Waals surface area contributed by atoms with Gasteiger partial charge >= 0.3 is 0 Å². The lowest BCUT2D eigenvalue weighted by Gasteiger charge is -2.18. The minimum absolute atomic E-state index is 0.159. The number of hydrogen-bond donors (Lipinski definition) is 0. The van der Waals surface area contributed by atoms with Crippen LogP contribution in [0.25, 0.3) is 11.8 Å². The minimum Gasteiger partial charge on any atom is -0.341 e. The van der Waals surface area contributed by atoms with Crippen LogP contribution in [0.15, 0.2) is 41.3 Å². The smallest absolute Gasteiger partial charge is 0.294 e. The second-order valence-electron chi connectivity index (χ2n) is 7.35. The normalized spacial score (nSPS) is 18.3. The Balaban J connectivity index is 1.57. The molecule has 0 spiro atoms. The molecule has 2 aliphatic rings. The molecule has 0 atom stereocenters. The summed E-state index contributed by atoms with van der Waals surface area (Å²) in [4.78, 5) is 40.7. The first-order valence-electron chi connectivity index (χ1n) is 9.73. The summed E-state index contributed by atoms with van der Waals surface area (Å²) in [6.07, 6.45) is 3.71. The van der Waals surface area contributed by atoms with E-state index in [-0.39, 0.29) is 17.7 Å². The van der Waals surface area contributed by atoms with E-state index >= 15 is 0 Å². The van der Waals surface area contributed by atoms with E-state index in [1.54, 1.807) is 11.0 Å². The first-order valence-corrected chi connectivity index (χ1v) is 10.5. The van der Waals surface area contributed by atoms with Crippen molar-refractivity contribution in [3.8, 4) is 5.69 Å². The van der Waals surface area contributed by atoms with Gasteiger partial charge in [0.2, 0.25) is 5.91 Å². The van der Waals surface area contributed by atoms with Crippen molar-refractivity contribution in [2.75, 3.05) is 19.6 Å². The van der Waals surface area contributed by atoms with Gasteiger partial charge in [-0.3, -0.25) is 19.3 Å². The van der Waals surface area contributed by atoms with Gasteiger partial charge in [-0.25, -0.2) is 0 Å². The number of benzene rings is 1. The van der Waals surface area contributed by atoms with Gasteiger partial charge in [0.25, 0.3) is 11.1 Å². The van der Waals surface area contributed by atoms with Crippen molar-refractivity contribution in [3.63, 3.8) is 0 Å².